The normalized spacial score (nSPS) is 18.0. The molecule has 0 spiro atoms. The summed E-state index contributed by atoms with van der Waals surface area (Å²) in [5, 5.41) is 0. The first kappa shape index (κ1) is 17.6. The van der Waals surface area contributed by atoms with E-state index in [-0.39, 0.29) is 10.8 Å². The molecule has 3 rings (SSSR count). The van der Waals surface area contributed by atoms with Crippen LogP contribution in [-0.4, -0.2) is 26.9 Å². The molecule has 1 aliphatic heterocycles. The van der Waals surface area contributed by atoms with Gasteiger partial charge in [0.05, 0.1) is 4.90 Å². The standard InChI is InChI=1S/C19H22N2O3S/c1-13-5-8-16(9-6-13)21-11-10-17(19(21)22)20-25(23,24)18-12-14(2)4-7-15(18)3/h4-9,12,17,20H,10-11H2,1-3H3. The maximum absolute atomic E-state index is 12.7. The fourth-order valence-electron chi connectivity index (χ4n) is 3.02. The fraction of sp³-hybridized carbons (Fsp3) is 0.316. The molecule has 0 radical (unpaired) electrons. The second kappa shape index (κ2) is 6.61. The molecule has 132 valence electrons. The summed E-state index contributed by atoms with van der Waals surface area (Å²) in [4.78, 5) is 14.5. The van der Waals surface area contributed by atoms with Gasteiger partial charge in [0.25, 0.3) is 0 Å². The predicted molar refractivity (Wildman–Crippen MR) is 98.2 cm³/mol. The molecule has 1 saturated heterocycles. The lowest BCUT2D eigenvalue weighted by molar-refractivity contribution is -0.118. The van der Waals surface area contributed by atoms with E-state index in [1.165, 1.54) is 0 Å². The number of hydrogen-bond donors (Lipinski definition) is 1. The number of rotatable bonds is 4. The summed E-state index contributed by atoms with van der Waals surface area (Å²) in [5.41, 5.74) is 3.44. The third-order valence-corrected chi connectivity index (χ3v) is 6.10. The first-order valence-electron chi connectivity index (χ1n) is 8.25. The topological polar surface area (TPSA) is 66.5 Å². The van der Waals surface area contributed by atoms with Crippen LogP contribution in [0.2, 0.25) is 0 Å². The maximum atomic E-state index is 12.7. The Morgan fingerprint density at radius 2 is 1.64 bits per heavy atom. The fourth-order valence-corrected chi connectivity index (χ4v) is 4.57. The van der Waals surface area contributed by atoms with Gasteiger partial charge in [0.2, 0.25) is 15.9 Å². The molecular weight excluding hydrogens is 336 g/mol. The average molecular weight is 358 g/mol. The summed E-state index contributed by atoms with van der Waals surface area (Å²) in [7, 11) is -3.74. The van der Waals surface area contributed by atoms with Crippen molar-refractivity contribution in [1.29, 1.82) is 0 Å². The summed E-state index contributed by atoms with van der Waals surface area (Å²) in [6.07, 6.45) is 0.455. The van der Waals surface area contributed by atoms with Crippen molar-refractivity contribution >= 4 is 21.6 Å². The number of anilines is 1. The summed E-state index contributed by atoms with van der Waals surface area (Å²) in [6.45, 7) is 6.08. The molecule has 25 heavy (non-hydrogen) atoms. The number of nitrogens with zero attached hydrogens (tertiary/aromatic N) is 1. The monoisotopic (exact) mass is 358 g/mol. The van der Waals surface area contributed by atoms with Gasteiger partial charge in [-0.15, -0.1) is 0 Å². The molecular formula is C19H22N2O3S. The third kappa shape index (κ3) is 3.60. The van der Waals surface area contributed by atoms with Crippen LogP contribution in [0.15, 0.2) is 47.4 Å². The zero-order valence-electron chi connectivity index (χ0n) is 14.6. The molecule has 1 N–H and O–H groups in total. The summed E-state index contributed by atoms with van der Waals surface area (Å²) in [6, 6.07) is 12.2. The van der Waals surface area contributed by atoms with E-state index in [4.69, 9.17) is 0 Å². The molecule has 0 aliphatic carbocycles. The lowest BCUT2D eigenvalue weighted by Gasteiger charge is -2.18. The van der Waals surface area contributed by atoms with E-state index >= 15 is 0 Å². The molecule has 2 aromatic carbocycles. The van der Waals surface area contributed by atoms with E-state index in [2.05, 4.69) is 4.72 Å². The molecule has 0 saturated carbocycles. The Kier molecular flexibility index (Phi) is 4.67. The van der Waals surface area contributed by atoms with Crippen LogP contribution >= 0.6 is 0 Å². The minimum atomic E-state index is -3.74. The zero-order valence-corrected chi connectivity index (χ0v) is 15.4. The van der Waals surface area contributed by atoms with Crippen molar-refractivity contribution in [2.24, 2.45) is 0 Å². The van der Waals surface area contributed by atoms with Crippen molar-refractivity contribution in [1.82, 2.24) is 4.72 Å². The van der Waals surface area contributed by atoms with Crippen LogP contribution < -0.4 is 9.62 Å². The van der Waals surface area contributed by atoms with E-state index in [0.717, 1.165) is 16.8 Å². The smallest absolute Gasteiger partial charge is 0.245 e. The molecule has 0 bridgehead atoms. The van der Waals surface area contributed by atoms with Crippen molar-refractivity contribution in [2.75, 3.05) is 11.4 Å². The van der Waals surface area contributed by atoms with E-state index < -0.39 is 16.1 Å². The summed E-state index contributed by atoms with van der Waals surface area (Å²) < 4.78 is 28.0. The Hall–Kier alpha value is -2.18. The molecule has 5 nitrogen and oxygen atoms in total. The van der Waals surface area contributed by atoms with Gasteiger partial charge in [-0.05, 0) is 56.5 Å². The summed E-state index contributed by atoms with van der Waals surface area (Å²) >= 11 is 0. The Labute approximate surface area is 148 Å². The van der Waals surface area contributed by atoms with Crippen molar-refractivity contribution in [3.05, 3.63) is 59.2 Å². The highest BCUT2D eigenvalue weighted by atomic mass is 32.2. The van der Waals surface area contributed by atoms with E-state index in [0.29, 0.717) is 18.5 Å². The quantitative estimate of drug-likeness (QED) is 0.914. The van der Waals surface area contributed by atoms with Gasteiger partial charge in [-0.1, -0.05) is 29.8 Å². The van der Waals surface area contributed by atoms with Crippen LogP contribution in [0, 0.1) is 20.8 Å². The van der Waals surface area contributed by atoms with E-state index in [1.807, 2.05) is 44.2 Å². The lowest BCUT2D eigenvalue weighted by Crippen LogP contribution is -2.41. The number of hydrogen-bond acceptors (Lipinski definition) is 3. The predicted octanol–water partition coefficient (Wildman–Crippen LogP) is 2.70. The van der Waals surface area contributed by atoms with Crippen molar-refractivity contribution in [3.63, 3.8) is 0 Å². The van der Waals surface area contributed by atoms with Crippen LogP contribution in [0.5, 0.6) is 0 Å². The molecule has 0 aromatic heterocycles. The van der Waals surface area contributed by atoms with E-state index in [1.54, 1.807) is 24.0 Å². The van der Waals surface area contributed by atoms with Crippen molar-refractivity contribution in [2.45, 2.75) is 38.1 Å². The van der Waals surface area contributed by atoms with E-state index in [9.17, 15) is 13.2 Å². The number of carbonyl (C=O) groups is 1. The first-order chi connectivity index (χ1) is 11.8. The van der Waals surface area contributed by atoms with Gasteiger partial charge in [-0.3, -0.25) is 4.79 Å². The molecule has 1 aliphatic rings. The SMILES string of the molecule is Cc1ccc(N2CCC(NS(=O)(=O)c3cc(C)ccc3C)C2=O)cc1. The lowest BCUT2D eigenvalue weighted by atomic mass is 10.2. The molecule has 6 heteroatoms. The summed E-state index contributed by atoms with van der Waals surface area (Å²) in [5.74, 6) is -0.210. The number of benzene rings is 2. The highest BCUT2D eigenvalue weighted by Crippen LogP contribution is 2.24. The van der Waals surface area contributed by atoms with Crippen molar-refractivity contribution < 1.29 is 13.2 Å². The van der Waals surface area contributed by atoms with Crippen molar-refractivity contribution in [3.8, 4) is 0 Å². The first-order valence-corrected chi connectivity index (χ1v) is 9.74. The molecule has 1 unspecified atom stereocenters. The van der Waals surface area contributed by atoms with Crippen LogP contribution in [0.4, 0.5) is 5.69 Å². The largest absolute Gasteiger partial charge is 0.311 e. The Morgan fingerprint density at radius 1 is 1.00 bits per heavy atom. The van der Waals surface area contributed by atoms with Gasteiger partial charge in [-0.2, -0.15) is 4.72 Å². The van der Waals surface area contributed by atoms with Gasteiger partial charge < -0.3 is 4.90 Å². The second-order valence-electron chi connectivity index (χ2n) is 6.56. The number of sulfonamides is 1. The molecule has 1 atom stereocenters. The average Bonchev–Trinajstić information content (AvgIpc) is 2.91. The number of amides is 1. The zero-order chi connectivity index (χ0) is 18.2. The highest BCUT2D eigenvalue weighted by Gasteiger charge is 2.36. The van der Waals surface area contributed by atoms with Gasteiger partial charge in [0.1, 0.15) is 6.04 Å². The minimum absolute atomic E-state index is 0.210. The van der Waals surface area contributed by atoms with Gasteiger partial charge >= 0.3 is 0 Å². The molecule has 1 heterocycles. The van der Waals surface area contributed by atoms with Gasteiger partial charge in [0, 0.05) is 12.2 Å². The van der Waals surface area contributed by atoms with Crippen LogP contribution in [0.3, 0.4) is 0 Å². The van der Waals surface area contributed by atoms with Crippen LogP contribution in [0.25, 0.3) is 0 Å². The molecule has 2 aromatic rings. The molecule has 1 fully saturated rings. The minimum Gasteiger partial charge on any atom is -0.311 e. The van der Waals surface area contributed by atoms with Crippen LogP contribution in [-0.2, 0) is 14.8 Å². The van der Waals surface area contributed by atoms with Crippen LogP contribution in [0.1, 0.15) is 23.1 Å². The Balaban J connectivity index is 1.80. The number of aryl methyl sites for hydroxylation is 3. The second-order valence-corrected chi connectivity index (χ2v) is 8.24. The third-order valence-electron chi connectivity index (χ3n) is 4.48. The molecule has 1 amide bonds. The van der Waals surface area contributed by atoms with Gasteiger partial charge in [-0.25, -0.2) is 8.42 Å². The highest BCUT2D eigenvalue weighted by molar-refractivity contribution is 7.89. The number of carbonyl (C=O) groups excluding carboxylic acids is 1. The van der Waals surface area contributed by atoms with Gasteiger partial charge in [0.15, 0.2) is 0 Å². The maximum Gasteiger partial charge on any atom is 0.245 e. The Morgan fingerprint density at radius 3 is 2.32 bits per heavy atom. The Bertz CT molecular complexity index is 905. The number of nitrogens with one attached hydrogen (secondary N) is 1.